The normalized spacial score (nSPS) is 14.0. The minimum Gasteiger partial charge on any atom is -0.320 e. The highest BCUT2D eigenvalue weighted by molar-refractivity contribution is 7.65. The van der Waals surface area contributed by atoms with Crippen LogP contribution >= 0.6 is 7.14 Å². The molecule has 0 fully saturated rings. The van der Waals surface area contributed by atoms with Crippen molar-refractivity contribution < 1.29 is 4.57 Å². The van der Waals surface area contributed by atoms with E-state index in [2.05, 4.69) is 6.92 Å². The van der Waals surface area contributed by atoms with Crippen LogP contribution in [0.25, 0.3) is 0 Å². The summed E-state index contributed by atoms with van der Waals surface area (Å²) in [5.41, 5.74) is 1.23. The van der Waals surface area contributed by atoms with E-state index in [1.165, 1.54) is 5.57 Å². The molecule has 0 unspecified atom stereocenters. The van der Waals surface area contributed by atoms with Gasteiger partial charge in [0.15, 0.2) is 0 Å². The van der Waals surface area contributed by atoms with E-state index in [1.54, 1.807) is 13.3 Å². The van der Waals surface area contributed by atoms with Gasteiger partial charge in [-0.1, -0.05) is 12.5 Å². The molecule has 0 bridgehead atoms. The van der Waals surface area contributed by atoms with Gasteiger partial charge in [0, 0.05) is 0 Å². The fourth-order valence-electron chi connectivity index (χ4n) is 0.622. The molecule has 0 N–H and O–H groups in total. The second kappa shape index (κ2) is 3.22. The third-order valence-corrected chi connectivity index (χ3v) is 2.15. The predicted molar refractivity (Wildman–Crippen MR) is 43.5 cm³/mol. The van der Waals surface area contributed by atoms with Crippen LogP contribution in [0.1, 0.15) is 20.3 Å². The molecule has 0 saturated carbocycles. The Labute approximate surface area is 57.5 Å². The molecule has 9 heavy (non-hydrogen) atoms. The summed E-state index contributed by atoms with van der Waals surface area (Å²) in [6, 6.07) is 0. The third kappa shape index (κ3) is 5.85. The number of rotatable bonds is 2. The molecular formula is C7H15OP. The van der Waals surface area contributed by atoms with Gasteiger partial charge in [0.2, 0.25) is 0 Å². The van der Waals surface area contributed by atoms with Gasteiger partial charge in [-0.15, -0.1) is 0 Å². The van der Waals surface area contributed by atoms with E-state index in [9.17, 15) is 4.57 Å². The molecule has 0 aromatic carbocycles. The van der Waals surface area contributed by atoms with Crippen molar-refractivity contribution >= 4 is 7.14 Å². The van der Waals surface area contributed by atoms with Gasteiger partial charge in [-0.2, -0.15) is 0 Å². The summed E-state index contributed by atoms with van der Waals surface area (Å²) >= 11 is 0. The van der Waals surface area contributed by atoms with Crippen molar-refractivity contribution in [1.29, 1.82) is 0 Å². The van der Waals surface area contributed by atoms with Crippen LogP contribution in [0.4, 0.5) is 0 Å². The van der Waals surface area contributed by atoms with Crippen LogP contribution in [0, 0.1) is 0 Å². The van der Waals surface area contributed by atoms with Crippen molar-refractivity contribution in [3.05, 3.63) is 11.4 Å². The first-order valence-corrected chi connectivity index (χ1v) is 5.85. The van der Waals surface area contributed by atoms with Crippen molar-refractivity contribution in [3.8, 4) is 0 Å². The molecule has 0 atom stereocenters. The first-order valence-electron chi connectivity index (χ1n) is 3.18. The van der Waals surface area contributed by atoms with Crippen molar-refractivity contribution in [1.82, 2.24) is 0 Å². The van der Waals surface area contributed by atoms with Gasteiger partial charge in [0.05, 0.1) is 0 Å². The first kappa shape index (κ1) is 8.97. The summed E-state index contributed by atoms with van der Waals surface area (Å²) in [4.78, 5) is 0. The Morgan fingerprint density at radius 3 is 2.11 bits per heavy atom. The maximum absolute atomic E-state index is 11.1. The lowest BCUT2D eigenvalue weighted by atomic mass is 10.3. The Hall–Kier alpha value is -0.0300. The molecule has 0 saturated heterocycles. The Morgan fingerprint density at radius 1 is 1.56 bits per heavy atom. The Balaban J connectivity index is 4.13. The van der Waals surface area contributed by atoms with Gasteiger partial charge in [0.1, 0.15) is 7.14 Å². The van der Waals surface area contributed by atoms with Crippen molar-refractivity contribution in [2.45, 2.75) is 20.3 Å². The maximum atomic E-state index is 11.1. The molecule has 54 valence electrons. The van der Waals surface area contributed by atoms with Gasteiger partial charge in [0.25, 0.3) is 0 Å². The molecule has 0 aliphatic heterocycles. The van der Waals surface area contributed by atoms with E-state index < -0.39 is 7.14 Å². The second-order valence-corrected chi connectivity index (χ2v) is 5.89. The Kier molecular flexibility index (Phi) is 3.21. The quantitative estimate of drug-likeness (QED) is 0.547. The second-order valence-electron chi connectivity index (χ2n) is 2.76. The highest BCUT2D eigenvalue weighted by Crippen LogP contribution is 2.39. The average Bonchev–Trinajstić information content (AvgIpc) is 1.62. The van der Waals surface area contributed by atoms with E-state index in [0.29, 0.717) is 0 Å². The lowest BCUT2D eigenvalue weighted by molar-refractivity contribution is 0.587. The largest absolute Gasteiger partial charge is 0.320 e. The first-order chi connectivity index (χ1) is 3.95. The highest BCUT2D eigenvalue weighted by atomic mass is 31.2. The monoisotopic (exact) mass is 146 g/mol. The molecule has 0 aromatic heterocycles. The lowest BCUT2D eigenvalue weighted by Gasteiger charge is -1.99. The molecule has 0 aliphatic rings. The molecule has 0 radical (unpaired) electrons. The van der Waals surface area contributed by atoms with Crippen LogP contribution < -0.4 is 0 Å². The molecule has 0 aliphatic carbocycles. The molecule has 0 spiro atoms. The standard InChI is InChI=1S/C7H15OP/c1-5-7(2)6-9(3,4)8/h6H,5H2,1-4H3. The summed E-state index contributed by atoms with van der Waals surface area (Å²) < 4.78 is 11.1. The van der Waals surface area contributed by atoms with Crippen LogP contribution in [0.3, 0.4) is 0 Å². The van der Waals surface area contributed by atoms with Crippen molar-refractivity contribution in [3.63, 3.8) is 0 Å². The molecule has 1 nitrogen and oxygen atoms in total. The zero-order valence-corrected chi connectivity index (χ0v) is 7.53. The molecule has 0 aromatic rings. The van der Waals surface area contributed by atoms with Crippen molar-refractivity contribution in [2.75, 3.05) is 13.3 Å². The van der Waals surface area contributed by atoms with E-state index in [-0.39, 0.29) is 0 Å². The van der Waals surface area contributed by atoms with E-state index in [0.717, 1.165) is 6.42 Å². The SMILES string of the molecule is CCC(C)=CP(C)(C)=O. The molecule has 0 heterocycles. The summed E-state index contributed by atoms with van der Waals surface area (Å²) in [7, 11) is -1.90. The number of hydrogen-bond acceptors (Lipinski definition) is 1. The minimum absolute atomic E-state index is 1.01. The summed E-state index contributed by atoms with van der Waals surface area (Å²) in [6.07, 6.45) is 1.01. The van der Waals surface area contributed by atoms with E-state index in [4.69, 9.17) is 0 Å². The molecule has 0 rings (SSSR count). The van der Waals surface area contributed by atoms with E-state index >= 15 is 0 Å². The van der Waals surface area contributed by atoms with Crippen LogP contribution in [0.5, 0.6) is 0 Å². The maximum Gasteiger partial charge on any atom is 0.102 e. The van der Waals surface area contributed by atoms with Crippen LogP contribution in [0.15, 0.2) is 11.4 Å². The molecule has 2 heteroatoms. The lowest BCUT2D eigenvalue weighted by Crippen LogP contribution is -1.72. The summed E-state index contributed by atoms with van der Waals surface area (Å²) in [5, 5.41) is 0. The van der Waals surface area contributed by atoms with Crippen LogP contribution in [-0.4, -0.2) is 13.3 Å². The molecule has 0 amide bonds. The fourth-order valence-corrected chi connectivity index (χ4v) is 1.87. The third-order valence-electron chi connectivity index (χ3n) is 1.09. The summed E-state index contributed by atoms with van der Waals surface area (Å²) in [6.45, 7) is 7.65. The van der Waals surface area contributed by atoms with Crippen LogP contribution in [0.2, 0.25) is 0 Å². The van der Waals surface area contributed by atoms with Gasteiger partial charge >= 0.3 is 0 Å². The number of hydrogen-bond donors (Lipinski definition) is 0. The zero-order valence-electron chi connectivity index (χ0n) is 6.64. The zero-order chi connectivity index (χ0) is 7.49. The van der Waals surface area contributed by atoms with Crippen LogP contribution in [-0.2, 0) is 4.57 Å². The number of allylic oxidation sites excluding steroid dienone is 1. The topological polar surface area (TPSA) is 17.1 Å². The van der Waals surface area contributed by atoms with Gasteiger partial charge in [-0.05, 0) is 32.5 Å². The minimum atomic E-state index is -1.90. The fraction of sp³-hybridized carbons (Fsp3) is 0.714. The summed E-state index contributed by atoms with van der Waals surface area (Å²) in [5.74, 6) is 1.88. The smallest absolute Gasteiger partial charge is 0.102 e. The predicted octanol–water partition coefficient (Wildman–Crippen LogP) is 2.92. The van der Waals surface area contributed by atoms with Gasteiger partial charge in [-0.25, -0.2) is 0 Å². The van der Waals surface area contributed by atoms with Gasteiger partial charge in [-0.3, -0.25) is 0 Å². The average molecular weight is 146 g/mol. The Bertz CT molecular complexity index is 152. The van der Waals surface area contributed by atoms with Gasteiger partial charge < -0.3 is 4.57 Å². The molecular weight excluding hydrogens is 131 g/mol. The van der Waals surface area contributed by atoms with E-state index in [1.807, 2.05) is 12.7 Å². The van der Waals surface area contributed by atoms with Crippen molar-refractivity contribution in [2.24, 2.45) is 0 Å². The highest BCUT2D eigenvalue weighted by Gasteiger charge is 2.00. The Morgan fingerprint density at radius 2 is 2.00 bits per heavy atom.